The first-order chi connectivity index (χ1) is 11.6. The summed E-state index contributed by atoms with van der Waals surface area (Å²) in [4.78, 5) is 11.9. The van der Waals surface area contributed by atoms with E-state index in [2.05, 4.69) is 29.6 Å². The fraction of sp³-hybridized carbons (Fsp3) is 0.316. The molecule has 4 rings (SSSR count). The van der Waals surface area contributed by atoms with Crippen LogP contribution in [0.15, 0.2) is 48.5 Å². The first kappa shape index (κ1) is 15.8. The zero-order valence-electron chi connectivity index (χ0n) is 13.0. The maximum atomic E-state index is 11.9. The Bertz CT molecular complexity index is 745. The number of carbonyl (C=O) groups excluding carboxylic acids is 1. The Kier molecular flexibility index (Phi) is 3.93. The number of rotatable bonds is 4. The number of alkyl carbamates (subject to hydrolysis) is 1. The van der Waals surface area contributed by atoms with Crippen molar-refractivity contribution >= 4 is 29.3 Å². The van der Waals surface area contributed by atoms with E-state index >= 15 is 0 Å². The molecule has 0 bridgehead atoms. The smallest absolute Gasteiger partial charge is 0.407 e. The number of alkyl halides is 2. The van der Waals surface area contributed by atoms with E-state index in [0.29, 0.717) is 19.6 Å². The standard InChI is InChI=1S/C19H17Cl2NO2/c20-19(21)9-12(19)10-22-18(23)24-11-17-15-7-3-1-5-13(15)14-6-2-4-8-16(14)17/h1-8,12,17H,9-11H2,(H,22,23). The van der Waals surface area contributed by atoms with E-state index in [0.717, 1.165) is 0 Å². The van der Waals surface area contributed by atoms with Gasteiger partial charge in [0.15, 0.2) is 0 Å². The van der Waals surface area contributed by atoms with Crippen molar-refractivity contribution in [3.8, 4) is 11.1 Å². The van der Waals surface area contributed by atoms with Gasteiger partial charge in [0.25, 0.3) is 0 Å². The van der Waals surface area contributed by atoms with Crippen molar-refractivity contribution < 1.29 is 9.53 Å². The normalized spacial score (nSPS) is 20.2. The number of hydrogen-bond acceptors (Lipinski definition) is 2. The second-order valence-electron chi connectivity index (χ2n) is 6.37. The molecule has 1 amide bonds. The molecule has 0 aliphatic heterocycles. The van der Waals surface area contributed by atoms with Gasteiger partial charge < -0.3 is 10.1 Å². The number of fused-ring (bicyclic) bond motifs is 3. The van der Waals surface area contributed by atoms with Crippen LogP contribution in [0.3, 0.4) is 0 Å². The van der Waals surface area contributed by atoms with Gasteiger partial charge in [0, 0.05) is 18.4 Å². The number of nitrogens with one attached hydrogen (secondary N) is 1. The van der Waals surface area contributed by atoms with E-state index in [1.54, 1.807) is 0 Å². The Hall–Kier alpha value is -1.71. The molecule has 2 aliphatic rings. The number of amides is 1. The van der Waals surface area contributed by atoms with Crippen molar-refractivity contribution in [3.63, 3.8) is 0 Å². The largest absolute Gasteiger partial charge is 0.449 e. The molecule has 0 heterocycles. The summed E-state index contributed by atoms with van der Waals surface area (Å²) in [5.74, 6) is 0.186. The minimum absolute atomic E-state index is 0.0734. The van der Waals surface area contributed by atoms with Gasteiger partial charge in [-0.1, -0.05) is 48.5 Å². The Morgan fingerprint density at radius 3 is 2.17 bits per heavy atom. The highest BCUT2D eigenvalue weighted by Gasteiger charge is 2.51. The molecule has 1 N–H and O–H groups in total. The molecular formula is C19H17Cl2NO2. The quantitative estimate of drug-likeness (QED) is 0.800. The first-order valence-corrected chi connectivity index (χ1v) is 8.78. The SMILES string of the molecule is O=C(NCC1CC1(Cl)Cl)OCC1c2ccccc2-c2ccccc21. The number of halogens is 2. The van der Waals surface area contributed by atoms with E-state index in [1.807, 2.05) is 24.3 Å². The molecule has 2 aromatic carbocycles. The molecule has 1 atom stereocenters. The predicted molar refractivity (Wildman–Crippen MR) is 95.6 cm³/mol. The summed E-state index contributed by atoms with van der Waals surface area (Å²) >= 11 is 11.9. The monoisotopic (exact) mass is 361 g/mol. The number of carbonyl (C=O) groups is 1. The molecule has 1 fully saturated rings. The molecule has 24 heavy (non-hydrogen) atoms. The van der Waals surface area contributed by atoms with Crippen LogP contribution in [-0.2, 0) is 4.74 Å². The summed E-state index contributed by atoms with van der Waals surface area (Å²) in [6, 6.07) is 16.5. The van der Waals surface area contributed by atoms with E-state index in [1.165, 1.54) is 22.3 Å². The van der Waals surface area contributed by atoms with Crippen molar-refractivity contribution in [2.45, 2.75) is 16.7 Å². The predicted octanol–water partition coefficient (Wildman–Crippen LogP) is 4.72. The van der Waals surface area contributed by atoms with Gasteiger partial charge in [-0.25, -0.2) is 4.79 Å². The van der Waals surface area contributed by atoms with Gasteiger partial charge in [0.1, 0.15) is 10.9 Å². The molecule has 1 unspecified atom stereocenters. The van der Waals surface area contributed by atoms with E-state index in [-0.39, 0.29) is 11.8 Å². The van der Waals surface area contributed by atoms with Crippen LogP contribution in [0.5, 0.6) is 0 Å². The fourth-order valence-corrected chi connectivity index (χ4v) is 3.87. The van der Waals surface area contributed by atoms with Gasteiger partial charge in [-0.15, -0.1) is 23.2 Å². The van der Waals surface area contributed by atoms with E-state index < -0.39 is 10.4 Å². The molecule has 5 heteroatoms. The molecule has 0 saturated heterocycles. The third kappa shape index (κ3) is 2.87. The van der Waals surface area contributed by atoms with Crippen LogP contribution in [0, 0.1) is 5.92 Å². The number of ether oxygens (including phenoxy) is 1. The Morgan fingerprint density at radius 2 is 1.62 bits per heavy atom. The molecule has 3 nitrogen and oxygen atoms in total. The van der Waals surface area contributed by atoms with Crippen LogP contribution in [0.1, 0.15) is 23.5 Å². The molecule has 124 valence electrons. The van der Waals surface area contributed by atoms with Crippen LogP contribution < -0.4 is 5.32 Å². The summed E-state index contributed by atoms with van der Waals surface area (Å²) in [7, 11) is 0. The highest BCUT2D eigenvalue weighted by molar-refractivity contribution is 6.50. The lowest BCUT2D eigenvalue weighted by molar-refractivity contribution is 0.142. The Balaban J connectivity index is 1.42. The summed E-state index contributed by atoms with van der Waals surface area (Å²) in [5.41, 5.74) is 4.84. The average molecular weight is 362 g/mol. The van der Waals surface area contributed by atoms with Crippen molar-refractivity contribution in [3.05, 3.63) is 59.7 Å². The average Bonchev–Trinajstić information content (AvgIpc) is 3.08. The lowest BCUT2D eigenvalue weighted by Gasteiger charge is -2.14. The van der Waals surface area contributed by atoms with Gasteiger partial charge in [0.05, 0.1) is 0 Å². The molecule has 0 radical (unpaired) electrons. The lowest BCUT2D eigenvalue weighted by atomic mass is 9.98. The molecule has 2 aromatic rings. The summed E-state index contributed by atoms with van der Waals surface area (Å²) in [6.07, 6.45) is 0.285. The maximum Gasteiger partial charge on any atom is 0.407 e. The topological polar surface area (TPSA) is 38.3 Å². The molecule has 0 aromatic heterocycles. The Labute approximate surface area is 150 Å². The first-order valence-electron chi connectivity index (χ1n) is 8.03. The second-order valence-corrected chi connectivity index (χ2v) is 7.91. The van der Waals surface area contributed by atoms with Crippen LogP contribution in [0.25, 0.3) is 11.1 Å². The minimum Gasteiger partial charge on any atom is -0.449 e. The number of hydrogen-bond donors (Lipinski definition) is 1. The van der Waals surface area contributed by atoms with Gasteiger partial charge in [-0.05, 0) is 28.7 Å². The van der Waals surface area contributed by atoms with E-state index in [4.69, 9.17) is 27.9 Å². The van der Waals surface area contributed by atoms with Crippen LogP contribution >= 0.6 is 23.2 Å². The van der Waals surface area contributed by atoms with E-state index in [9.17, 15) is 4.79 Å². The molecule has 2 aliphatic carbocycles. The third-order valence-electron chi connectivity index (χ3n) is 4.79. The zero-order chi connectivity index (χ0) is 16.7. The highest BCUT2D eigenvalue weighted by Crippen LogP contribution is 2.52. The van der Waals surface area contributed by atoms with Gasteiger partial charge in [-0.3, -0.25) is 0 Å². The molecular weight excluding hydrogens is 345 g/mol. The highest BCUT2D eigenvalue weighted by atomic mass is 35.5. The van der Waals surface area contributed by atoms with Crippen molar-refractivity contribution in [1.82, 2.24) is 5.32 Å². The third-order valence-corrected chi connectivity index (χ3v) is 5.72. The second kappa shape index (κ2) is 5.98. The number of benzene rings is 2. The van der Waals surface area contributed by atoms with Crippen molar-refractivity contribution in [1.29, 1.82) is 0 Å². The molecule has 1 saturated carbocycles. The maximum absolute atomic E-state index is 11.9. The van der Waals surface area contributed by atoms with Crippen LogP contribution in [-0.4, -0.2) is 23.6 Å². The van der Waals surface area contributed by atoms with Crippen LogP contribution in [0.4, 0.5) is 4.79 Å². The van der Waals surface area contributed by atoms with Crippen molar-refractivity contribution in [2.24, 2.45) is 5.92 Å². The van der Waals surface area contributed by atoms with Crippen LogP contribution in [0.2, 0.25) is 0 Å². The summed E-state index contributed by atoms with van der Waals surface area (Å²) < 4.78 is 4.77. The van der Waals surface area contributed by atoms with Gasteiger partial charge in [0.2, 0.25) is 0 Å². The summed E-state index contributed by atoms with van der Waals surface area (Å²) in [5, 5.41) is 2.74. The zero-order valence-corrected chi connectivity index (χ0v) is 14.5. The summed E-state index contributed by atoms with van der Waals surface area (Å²) in [6.45, 7) is 0.765. The fourth-order valence-electron chi connectivity index (χ4n) is 3.35. The minimum atomic E-state index is -0.684. The van der Waals surface area contributed by atoms with Gasteiger partial charge in [-0.2, -0.15) is 0 Å². The lowest BCUT2D eigenvalue weighted by Crippen LogP contribution is -2.28. The Morgan fingerprint density at radius 1 is 1.08 bits per heavy atom. The van der Waals surface area contributed by atoms with Gasteiger partial charge >= 0.3 is 6.09 Å². The molecule has 0 spiro atoms. The van der Waals surface area contributed by atoms with Crippen molar-refractivity contribution in [2.75, 3.05) is 13.2 Å².